The first-order chi connectivity index (χ1) is 13.9. The summed E-state index contributed by atoms with van der Waals surface area (Å²) in [5.41, 5.74) is 0.801. The number of rotatable bonds is 7. The van der Waals surface area contributed by atoms with Gasteiger partial charge in [0.15, 0.2) is 18.2 Å². The van der Waals surface area contributed by atoms with E-state index in [2.05, 4.69) is 5.32 Å². The maximum atomic E-state index is 13.5. The average Bonchev–Trinajstić information content (AvgIpc) is 2.73. The number of nitrogens with zero attached hydrogens (tertiary/aromatic N) is 1. The number of anilines is 2. The average molecular weight is 414 g/mol. The van der Waals surface area contributed by atoms with Crippen molar-refractivity contribution < 1.29 is 22.3 Å². The van der Waals surface area contributed by atoms with Crippen molar-refractivity contribution in [2.75, 3.05) is 23.3 Å². The van der Waals surface area contributed by atoms with Gasteiger partial charge in [0.25, 0.3) is 15.9 Å². The van der Waals surface area contributed by atoms with Crippen LogP contribution in [0.5, 0.6) is 5.75 Å². The van der Waals surface area contributed by atoms with Crippen LogP contribution in [0.15, 0.2) is 83.8 Å². The van der Waals surface area contributed by atoms with Crippen molar-refractivity contribution in [2.45, 2.75) is 4.90 Å². The van der Waals surface area contributed by atoms with Crippen molar-refractivity contribution in [3.63, 3.8) is 0 Å². The van der Waals surface area contributed by atoms with Gasteiger partial charge in [0, 0.05) is 12.7 Å². The fourth-order valence-corrected chi connectivity index (χ4v) is 3.81. The van der Waals surface area contributed by atoms with Crippen LogP contribution in [0, 0.1) is 5.82 Å². The normalized spacial score (nSPS) is 11.0. The molecule has 0 radical (unpaired) electrons. The van der Waals surface area contributed by atoms with Gasteiger partial charge in [-0.2, -0.15) is 0 Å². The fraction of sp³-hybridized carbons (Fsp3) is 0.0952. The fourth-order valence-electron chi connectivity index (χ4n) is 2.57. The Morgan fingerprint density at radius 1 is 1.00 bits per heavy atom. The lowest BCUT2D eigenvalue weighted by Crippen LogP contribution is -2.26. The van der Waals surface area contributed by atoms with Crippen molar-refractivity contribution in [3.05, 3.63) is 84.7 Å². The van der Waals surface area contributed by atoms with E-state index in [-0.39, 0.29) is 16.3 Å². The van der Waals surface area contributed by atoms with Gasteiger partial charge >= 0.3 is 0 Å². The minimum Gasteiger partial charge on any atom is -0.481 e. The summed E-state index contributed by atoms with van der Waals surface area (Å²) >= 11 is 0. The topological polar surface area (TPSA) is 75.7 Å². The number of ether oxygens (including phenoxy) is 1. The molecule has 0 fully saturated rings. The molecule has 150 valence electrons. The van der Waals surface area contributed by atoms with Crippen LogP contribution in [0.2, 0.25) is 0 Å². The summed E-state index contributed by atoms with van der Waals surface area (Å²) in [5.74, 6) is -1.15. The van der Waals surface area contributed by atoms with Gasteiger partial charge in [-0.05, 0) is 42.5 Å². The minimum atomic E-state index is -3.81. The number of hydrogen-bond acceptors (Lipinski definition) is 4. The molecule has 0 bridgehead atoms. The molecule has 0 aromatic heterocycles. The summed E-state index contributed by atoms with van der Waals surface area (Å²) in [6, 6.07) is 20.3. The van der Waals surface area contributed by atoms with Crippen molar-refractivity contribution in [1.29, 1.82) is 0 Å². The number of para-hydroxylation sites is 2. The van der Waals surface area contributed by atoms with Crippen LogP contribution in [-0.4, -0.2) is 28.0 Å². The molecule has 0 aliphatic carbocycles. The zero-order valence-electron chi connectivity index (χ0n) is 15.6. The number of hydrogen-bond donors (Lipinski definition) is 1. The van der Waals surface area contributed by atoms with Crippen LogP contribution in [-0.2, 0) is 14.8 Å². The van der Waals surface area contributed by atoms with Gasteiger partial charge in [-0.3, -0.25) is 9.10 Å². The minimum absolute atomic E-state index is 0.0247. The summed E-state index contributed by atoms with van der Waals surface area (Å²) < 4.78 is 45.6. The third kappa shape index (κ3) is 4.91. The molecule has 0 spiro atoms. The molecule has 3 rings (SSSR count). The molecule has 29 heavy (non-hydrogen) atoms. The van der Waals surface area contributed by atoms with Crippen LogP contribution in [0.1, 0.15) is 0 Å². The monoisotopic (exact) mass is 414 g/mol. The number of nitrogens with one attached hydrogen (secondary N) is 1. The van der Waals surface area contributed by atoms with Crippen molar-refractivity contribution in [2.24, 2.45) is 0 Å². The SMILES string of the molecule is CN(c1ccccc1)S(=O)(=O)c1cccc(NC(=O)COc2ccccc2F)c1. The Labute approximate surface area is 168 Å². The second-order valence-electron chi connectivity index (χ2n) is 6.10. The summed E-state index contributed by atoms with van der Waals surface area (Å²) in [4.78, 5) is 12.1. The molecule has 0 heterocycles. The summed E-state index contributed by atoms with van der Waals surface area (Å²) in [5, 5.41) is 2.55. The predicted octanol–water partition coefficient (Wildman–Crippen LogP) is 3.67. The zero-order chi connectivity index (χ0) is 20.9. The van der Waals surface area contributed by atoms with Crippen molar-refractivity contribution in [1.82, 2.24) is 0 Å². The van der Waals surface area contributed by atoms with E-state index in [0.29, 0.717) is 5.69 Å². The first kappa shape index (κ1) is 20.3. The molecule has 1 amide bonds. The first-order valence-electron chi connectivity index (χ1n) is 8.69. The van der Waals surface area contributed by atoms with Crippen LogP contribution in [0.25, 0.3) is 0 Å². The van der Waals surface area contributed by atoms with Gasteiger partial charge in [0.05, 0.1) is 10.6 Å². The standard InChI is InChI=1S/C21H19FN2O4S/c1-24(17-9-3-2-4-10-17)29(26,27)18-11-7-8-16(14-18)23-21(25)15-28-20-13-6-5-12-19(20)22/h2-14H,15H2,1H3,(H,23,25). The van der Waals surface area contributed by atoms with E-state index in [1.165, 1.54) is 43.4 Å². The lowest BCUT2D eigenvalue weighted by molar-refractivity contribution is -0.118. The van der Waals surface area contributed by atoms with E-state index in [1.807, 2.05) is 0 Å². The Balaban J connectivity index is 1.70. The number of carbonyl (C=O) groups is 1. The molecule has 0 aliphatic heterocycles. The quantitative estimate of drug-likeness (QED) is 0.640. The number of carbonyl (C=O) groups excluding carboxylic acids is 1. The lowest BCUT2D eigenvalue weighted by Gasteiger charge is -2.19. The summed E-state index contributed by atoms with van der Waals surface area (Å²) in [7, 11) is -2.35. The van der Waals surface area contributed by atoms with E-state index in [4.69, 9.17) is 4.74 Å². The number of amides is 1. The van der Waals surface area contributed by atoms with E-state index >= 15 is 0 Å². The van der Waals surface area contributed by atoms with E-state index in [9.17, 15) is 17.6 Å². The van der Waals surface area contributed by atoms with Crippen LogP contribution >= 0.6 is 0 Å². The van der Waals surface area contributed by atoms with Gasteiger partial charge in [-0.15, -0.1) is 0 Å². The van der Waals surface area contributed by atoms with Gasteiger partial charge in [0.1, 0.15) is 0 Å². The summed E-state index contributed by atoms with van der Waals surface area (Å²) in [6.45, 7) is -0.415. The molecule has 3 aromatic carbocycles. The third-order valence-corrected chi connectivity index (χ3v) is 5.87. The predicted molar refractivity (Wildman–Crippen MR) is 109 cm³/mol. The smallest absolute Gasteiger partial charge is 0.264 e. The van der Waals surface area contributed by atoms with Gasteiger partial charge < -0.3 is 10.1 Å². The summed E-state index contributed by atoms with van der Waals surface area (Å²) in [6.07, 6.45) is 0. The van der Waals surface area contributed by atoms with Crippen molar-refractivity contribution in [3.8, 4) is 5.75 Å². The zero-order valence-corrected chi connectivity index (χ0v) is 16.4. The highest BCUT2D eigenvalue weighted by Crippen LogP contribution is 2.23. The molecule has 0 saturated carbocycles. The first-order valence-corrected chi connectivity index (χ1v) is 10.1. The van der Waals surface area contributed by atoms with Crippen molar-refractivity contribution >= 4 is 27.3 Å². The number of sulfonamides is 1. The van der Waals surface area contributed by atoms with Crippen LogP contribution in [0.4, 0.5) is 15.8 Å². The maximum absolute atomic E-state index is 13.5. The Bertz CT molecular complexity index is 1100. The second kappa shape index (κ2) is 8.74. The highest BCUT2D eigenvalue weighted by atomic mass is 32.2. The largest absolute Gasteiger partial charge is 0.481 e. The molecule has 0 saturated heterocycles. The Morgan fingerprint density at radius 3 is 2.41 bits per heavy atom. The molecule has 0 atom stereocenters. The van der Waals surface area contributed by atoms with Crippen LogP contribution in [0.3, 0.4) is 0 Å². The highest BCUT2D eigenvalue weighted by Gasteiger charge is 2.21. The van der Waals surface area contributed by atoms with E-state index < -0.39 is 28.4 Å². The van der Waals surface area contributed by atoms with E-state index in [1.54, 1.807) is 42.5 Å². The molecule has 0 unspecified atom stereocenters. The maximum Gasteiger partial charge on any atom is 0.264 e. The third-order valence-electron chi connectivity index (χ3n) is 4.09. The van der Waals surface area contributed by atoms with Crippen LogP contribution < -0.4 is 14.4 Å². The molecular formula is C21H19FN2O4S. The Hall–Kier alpha value is -3.39. The molecule has 1 N–H and O–H groups in total. The molecule has 0 aliphatic rings. The number of halogens is 1. The molecule has 6 nitrogen and oxygen atoms in total. The lowest BCUT2D eigenvalue weighted by atomic mass is 10.3. The van der Waals surface area contributed by atoms with Gasteiger partial charge in [0.2, 0.25) is 0 Å². The Morgan fingerprint density at radius 2 is 1.69 bits per heavy atom. The van der Waals surface area contributed by atoms with Gasteiger partial charge in [-0.25, -0.2) is 12.8 Å². The highest BCUT2D eigenvalue weighted by molar-refractivity contribution is 7.92. The molecule has 8 heteroatoms. The Kier molecular flexibility index (Phi) is 6.13. The second-order valence-corrected chi connectivity index (χ2v) is 8.07. The molecule has 3 aromatic rings. The van der Waals surface area contributed by atoms with E-state index in [0.717, 1.165) is 4.31 Å². The van der Waals surface area contributed by atoms with Gasteiger partial charge in [-0.1, -0.05) is 36.4 Å². The molecular weight excluding hydrogens is 395 g/mol. The number of benzene rings is 3.